The van der Waals surface area contributed by atoms with Crippen molar-refractivity contribution in [2.24, 2.45) is 17.8 Å². The number of non-ortho nitro benzene ring substituents is 1. The molecule has 9 nitrogen and oxygen atoms in total. The Labute approximate surface area is 199 Å². The minimum absolute atomic E-state index is 0.0188. The van der Waals surface area contributed by atoms with Crippen LogP contribution in [0.4, 0.5) is 5.69 Å². The van der Waals surface area contributed by atoms with Crippen LogP contribution in [-0.2, 0) is 9.59 Å². The molecule has 0 aromatic heterocycles. The fourth-order valence-corrected chi connectivity index (χ4v) is 4.49. The third-order valence-corrected chi connectivity index (χ3v) is 6.34. The second-order valence-electron chi connectivity index (χ2n) is 8.24. The summed E-state index contributed by atoms with van der Waals surface area (Å²) in [6.45, 7) is 1.17. The average molecular weight is 482 g/mol. The number of Topliss-reactive ketones (excluding diaryl/α,β-unsaturated/α-hetero) is 1. The average Bonchev–Trinajstić information content (AvgIpc) is 3.08. The molecule has 0 unspecified atom stereocenters. The molecule has 1 aliphatic heterocycles. The van der Waals surface area contributed by atoms with E-state index in [0.717, 1.165) is 16.1 Å². The van der Waals surface area contributed by atoms with E-state index in [1.54, 1.807) is 0 Å². The van der Waals surface area contributed by atoms with Crippen LogP contribution in [-0.4, -0.2) is 45.0 Å². The minimum Gasteiger partial charge on any atom is -0.292 e. The van der Waals surface area contributed by atoms with E-state index in [1.807, 2.05) is 19.1 Å². The molecule has 0 radical (unpaired) electrons. The van der Waals surface area contributed by atoms with Gasteiger partial charge in [-0.05, 0) is 36.6 Å². The molecule has 4 rings (SSSR count). The molecule has 174 valence electrons. The van der Waals surface area contributed by atoms with E-state index in [9.17, 15) is 29.3 Å². The Morgan fingerprint density at radius 3 is 2.47 bits per heavy atom. The fourth-order valence-electron chi connectivity index (χ4n) is 4.36. The van der Waals surface area contributed by atoms with Crippen LogP contribution >= 0.6 is 11.6 Å². The molecule has 1 heterocycles. The molecule has 3 atom stereocenters. The van der Waals surface area contributed by atoms with Gasteiger partial charge in [0.1, 0.15) is 6.54 Å². The van der Waals surface area contributed by atoms with Crippen molar-refractivity contribution in [2.45, 2.75) is 13.3 Å². The van der Waals surface area contributed by atoms with E-state index < -0.39 is 46.8 Å². The lowest BCUT2D eigenvalue weighted by molar-refractivity contribution is -0.384. The first-order valence-corrected chi connectivity index (χ1v) is 11.0. The fraction of sp³-hybridized carbons (Fsp3) is 0.250. The van der Waals surface area contributed by atoms with Crippen molar-refractivity contribution in [3.63, 3.8) is 0 Å². The van der Waals surface area contributed by atoms with Gasteiger partial charge in [-0.25, -0.2) is 5.01 Å². The molecule has 0 saturated carbocycles. The number of hydrazine groups is 1. The molecule has 1 fully saturated rings. The zero-order valence-corrected chi connectivity index (χ0v) is 18.8. The van der Waals surface area contributed by atoms with Crippen LogP contribution in [0.5, 0.6) is 0 Å². The molecule has 10 heteroatoms. The van der Waals surface area contributed by atoms with Gasteiger partial charge >= 0.3 is 0 Å². The summed E-state index contributed by atoms with van der Waals surface area (Å²) in [6.07, 6.45) is 4.05. The second-order valence-corrected chi connectivity index (χ2v) is 8.68. The Hall–Kier alpha value is -3.85. The van der Waals surface area contributed by atoms with Gasteiger partial charge in [-0.3, -0.25) is 29.3 Å². The Morgan fingerprint density at radius 2 is 1.82 bits per heavy atom. The van der Waals surface area contributed by atoms with Crippen LogP contribution in [0, 0.1) is 27.9 Å². The number of nitrogens with zero attached hydrogens (tertiary/aromatic N) is 3. The van der Waals surface area contributed by atoms with Crippen LogP contribution in [0.15, 0.2) is 60.7 Å². The van der Waals surface area contributed by atoms with Gasteiger partial charge in [-0.1, -0.05) is 42.8 Å². The first-order chi connectivity index (χ1) is 16.2. The normalized spacial score (nSPS) is 21.4. The zero-order valence-electron chi connectivity index (χ0n) is 18.1. The van der Waals surface area contributed by atoms with Crippen LogP contribution in [0.2, 0.25) is 5.02 Å². The van der Waals surface area contributed by atoms with E-state index in [-0.39, 0.29) is 22.7 Å². The summed E-state index contributed by atoms with van der Waals surface area (Å²) in [5.74, 6) is -3.97. The van der Waals surface area contributed by atoms with Gasteiger partial charge in [-0.2, -0.15) is 5.01 Å². The van der Waals surface area contributed by atoms with Gasteiger partial charge in [0.2, 0.25) is 0 Å². The summed E-state index contributed by atoms with van der Waals surface area (Å²) in [7, 11) is 0. The van der Waals surface area contributed by atoms with Gasteiger partial charge in [0, 0.05) is 28.3 Å². The van der Waals surface area contributed by atoms with Crippen molar-refractivity contribution < 1.29 is 24.1 Å². The van der Waals surface area contributed by atoms with Crippen molar-refractivity contribution in [3.05, 3.63) is 86.9 Å². The highest BCUT2D eigenvalue weighted by atomic mass is 35.5. The van der Waals surface area contributed by atoms with Crippen molar-refractivity contribution in [2.75, 3.05) is 6.54 Å². The van der Waals surface area contributed by atoms with Crippen LogP contribution < -0.4 is 0 Å². The van der Waals surface area contributed by atoms with Crippen LogP contribution in [0.3, 0.4) is 0 Å². The molecular formula is C24H20ClN3O6. The number of fused-ring (bicyclic) bond motifs is 1. The quantitative estimate of drug-likeness (QED) is 0.204. The SMILES string of the molecule is C[C@@H]1C=CC[C@@H]2C(=O)N(N(CC(=O)c3cccc([N+](=O)[O-])c3)C(=O)c3ccc(Cl)cc3)C(=O)[C@H]12. The highest BCUT2D eigenvalue weighted by Gasteiger charge is 2.53. The first kappa shape index (κ1) is 23.3. The number of hydrogen-bond donors (Lipinski definition) is 0. The topological polar surface area (TPSA) is 118 Å². The number of benzene rings is 2. The van der Waals surface area contributed by atoms with E-state index in [1.165, 1.54) is 42.5 Å². The number of carbonyl (C=O) groups excluding carboxylic acids is 4. The monoisotopic (exact) mass is 481 g/mol. The lowest BCUT2D eigenvalue weighted by atomic mass is 9.78. The molecule has 0 spiro atoms. The smallest absolute Gasteiger partial charge is 0.273 e. The molecule has 2 aromatic carbocycles. The summed E-state index contributed by atoms with van der Waals surface area (Å²) in [6, 6.07) is 10.9. The molecule has 2 aromatic rings. The summed E-state index contributed by atoms with van der Waals surface area (Å²) >= 11 is 5.91. The van der Waals surface area contributed by atoms with Gasteiger partial charge in [0.15, 0.2) is 5.78 Å². The lowest BCUT2D eigenvalue weighted by Gasteiger charge is -2.30. The Balaban J connectivity index is 1.71. The number of nitro benzene ring substituents is 1. The summed E-state index contributed by atoms with van der Waals surface area (Å²) in [5, 5.41) is 13.1. The Bertz CT molecular complexity index is 1230. The highest BCUT2D eigenvalue weighted by Crippen LogP contribution is 2.39. The van der Waals surface area contributed by atoms with Gasteiger partial charge in [0.25, 0.3) is 23.4 Å². The number of carbonyl (C=O) groups is 4. The number of amides is 3. The number of allylic oxidation sites excluding steroid dienone is 2. The van der Waals surface area contributed by atoms with Crippen molar-refractivity contribution in [3.8, 4) is 0 Å². The molecule has 34 heavy (non-hydrogen) atoms. The van der Waals surface area contributed by atoms with Gasteiger partial charge in [-0.15, -0.1) is 0 Å². The third kappa shape index (κ3) is 4.22. The Morgan fingerprint density at radius 1 is 1.12 bits per heavy atom. The first-order valence-electron chi connectivity index (χ1n) is 10.6. The molecular weight excluding hydrogens is 462 g/mol. The number of halogens is 1. The summed E-state index contributed by atoms with van der Waals surface area (Å²) in [5.41, 5.74) is -0.187. The van der Waals surface area contributed by atoms with E-state index >= 15 is 0 Å². The maximum Gasteiger partial charge on any atom is 0.273 e. The van der Waals surface area contributed by atoms with Gasteiger partial charge < -0.3 is 0 Å². The lowest BCUT2D eigenvalue weighted by Crippen LogP contribution is -2.52. The molecule has 3 amide bonds. The number of hydrogen-bond acceptors (Lipinski definition) is 6. The maximum absolute atomic E-state index is 13.4. The summed E-state index contributed by atoms with van der Waals surface area (Å²) in [4.78, 5) is 63.5. The Kier molecular flexibility index (Phi) is 6.30. The molecule has 1 saturated heterocycles. The largest absolute Gasteiger partial charge is 0.292 e. The van der Waals surface area contributed by atoms with Crippen molar-refractivity contribution in [1.29, 1.82) is 0 Å². The van der Waals surface area contributed by atoms with E-state index in [2.05, 4.69) is 0 Å². The van der Waals surface area contributed by atoms with Gasteiger partial charge in [0.05, 0.1) is 16.8 Å². The number of rotatable bonds is 6. The standard InChI is InChI=1S/C24H20ClN3O6/c1-14-4-2-7-19-21(14)24(32)27(23(19)31)26(22(30)15-8-10-17(25)11-9-15)13-20(29)16-5-3-6-18(12-16)28(33)34/h2-6,8-12,14,19,21H,7,13H2,1H3/t14-,19+,21-/m1/s1. The summed E-state index contributed by atoms with van der Waals surface area (Å²) < 4.78 is 0. The minimum atomic E-state index is -0.739. The van der Waals surface area contributed by atoms with E-state index in [4.69, 9.17) is 11.6 Å². The van der Waals surface area contributed by atoms with Crippen molar-refractivity contribution in [1.82, 2.24) is 10.0 Å². The van der Waals surface area contributed by atoms with Crippen LogP contribution in [0.1, 0.15) is 34.1 Å². The maximum atomic E-state index is 13.4. The predicted molar refractivity (Wildman–Crippen MR) is 122 cm³/mol. The molecule has 0 N–H and O–H groups in total. The van der Waals surface area contributed by atoms with Crippen LogP contribution in [0.25, 0.3) is 0 Å². The molecule has 2 aliphatic rings. The second kappa shape index (κ2) is 9.18. The zero-order chi connectivity index (χ0) is 24.6. The molecule has 0 bridgehead atoms. The predicted octanol–water partition coefficient (Wildman–Crippen LogP) is 3.69. The number of nitro groups is 1. The van der Waals surface area contributed by atoms with E-state index in [0.29, 0.717) is 11.4 Å². The third-order valence-electron chi connectivity index (χ3n) is 6.09. The van der Waals surface area contributed by atoms with Crippen molar-refractivity contribution >= 4 is 40.8 Å². The number of ketones is 1. The molecule has 1 aliphatic carbocycles. The highest BCUT2D eigenvalue weighted by molar-refractivity contribution is 6.30. The number of imide groups is 1.